The van der Waals surface area contributed by atoms with E-state index < -0.39 is 10.8 Å². The summed E-state index contributed by atoms with van der Waals surface area (Å²) in [5, 5.41) is 2.53. The van der Waals surface area contributed by atoms with Gasteiger partial charge in [-0.05, 0) is 127 Å². The van der Waals surface area contributed by atoms with E-state index in [9.17, 15) is 0 Å². The van der Waals surface area contributed by atoms with Crippen LogP contribution in [0.5, 0.6) is 0 Å². The number of benzene rings is 10. The maximum absolute atomic E-state index is 2.48. The molecule has 0 radical (unpaired) electrons. The molecule has 0 aliphatic heterocycles. The van der Waals surface area contributed by atoms with Crippen LogP contribution in [0, 0.1) is 0 Å². The lowest BCUT2D eigenvalue weighted by molar-refractivity contribution is 0.405. The summed E-state index contributed by atoms with van der Waals surface area (Å²) in [6.45, 7) is 0. The molecule has 0 fully saturated rings. The van der Waals surface area contributed by atoms with Crippen LogP contribution in [-0.2, 0) is 10.8 Å². The Morgan fingerprint density at radius 3 is 1.08 bits per heavy atom. The molecule has 3 aliphatic rings. The van der Waals surface area contributed by atoms with Crippen molar-refractivity contribution in [2.75, 3.05) is 4.90 Å². The van der Waals surface area contributed by atoms with Crippen molar-refractivity contribution in [1.29, 1.82) is 0 Å². The average molecular weight is 813 g/mol. The third kappa shape index (κ3) is 4.39. The van der Waals surface area contributed by atoms with Gasteiger partial charge in [0, 0.05) is 33.5 Å². The first-order chi connectivity index (χ1) is 31.8. The summed E-state index contributed by atoms with van der Waals surface area (Å²) in [6.07, 6.45) is 0. The lowest BCUT2D eigenvalue weighted by Gasteiger charge is -2.62. The highest BCUT2D eigenvalue weighted by atomic mass is 15.1. The fraction of sp³-hybridized carbons (Fsp3) is 0.0323. The molecule has 2 heteroatoms. The van der Waals surface area contributed by atoms with Gasteiger partial charge in [-0.15, -0.1) is 0 Å². The standard InChI is InChI=1S/C62H40N2/c1-2-18-41(19-3-1)63(42-34-36-43(37-35-42)64-59-32-16-9-25-50(59)51-26-10-17-33-60(51)64)44-38-39-58-52(40-44)49-24-8-15-31-57(49)61-53-27-11-4-20-45(53)47-22-6-13-29-55(47)62(58,61)56-30-14-7-23-48(56)46-21-5-12-28-54(46)61/h1-40H. The molecule has 0 saturated heterocycles. The van der Waals surface area contributed by atoms with Gasteiger partial charge in [-0.2, -0.15) is 0 Å². The highest BCUT2D eigenvalue weighted by Crippen LogP contribution is 2.73. The summed E-state index contributed by atoms with van der Waals surface area (Å²) >= 11 is 0. The number of fused-ring (bicyclic) bond motifs is 12. The smallest absolute Gasteiger partial charge is 0.0647 e. The Hall–Kier alpha value is -8.20. The molecular formula is C62H40N2. The van der Waals surface area contributed by atoms with E-state index in [1.165, 1.54) is 88.6 Å². The van der Waals surface area contributed by atoms with Crippen molar-refractivity contribution < 1.29 is 0 Å². The molecule has 1 aromatic heterocycles. The molecule has 0 atom stereocenters. The quantitative estimate of drug-likeness (QED) is 0.172. The van der Waals surface area contributed by atoms with E-state index in [0.29, 0.717) is 0 Å². The number of para-hydroxylation sites is 3. The van der Waals surface area contributed by atoms with Crippen LogP contribution in [0.2, 0.25) is 0 Å². The van der Waals surface area contributed by atoms with Crippen molar-refractivity contribution in [2.45, 2.75) is 10.8 Å². The van der Waals surface area contributed by atoms with Crippen LogP contribution in [0.15, 0.2) is 243 Å². The third-order valence-electron chi connectivity index (χ3n) is 14.7. The molecule has 298 valence electrons. The van der Waals surface area contributed by atoms with E-state index in [4.69, 9.17) is 0 Å². The monoisotopic (exact) mass is 812 g/mol. The van der Waals surface area contributed by atoms with Crippen molar-refractivity contribution in [3.05, 3.63) is 276 Å². The first-order valence-electron chi connectivity index (χ1n) is 22.4. The first kappa shape index (κ1) is 35.4. The van der Waals surface area contributed by atoms with Crippen molar-refractivity contribution in [3.8, 4) is 39.1 Å². The minimum absolute atomic E-state index is 0.560. The van der Waals surface area contributed by atoms with Gasteiger partial charge in [-0.1, -0.05) is 182 Å². The Balaban J connectivity index is 1.04. The minimum atomic E-state index is -0.591. The van der Waals surface area contributed by atoms with Gasteiger partial charge in [-0.3, -0.25) is 0 Å². The maximum atomic E-state index is 2.48. The Morgan fingerprint density at radius 1 is 0.266 bits per heavy atom. The number of rotatable bonds is 4. The number of aromatic nitrogens is 1. The van der Waals surface area contributed by atoms with Crippen molar-refractivity contribution >= 4 is 38.9 Å². The molecular weight excluding hydrogens is 773 g/mol. The second-order valence-corrected chi connectivity index (χ2v) is 17.5. The predicted octanol–water partition coefficient (Wildman–Crippen LogP) is 15.6. The van der Waals surface area contributed by atoms with Crippen LogP contribution in [-0.4, -0.2) is 4.57 Å². The summed E-state index contributed by atoms with van der Waals surface area (Å²) < 4.78 is 2.39. The molecule has 1 heterocycles. The van der Waals surface area contributed by atoms with Gasteiger partial charge >= 0.3 is 0 Å². The number of nitrogens with zero attached hydrogens (tertiary/aromatic N) is 2. The third-order valence-corrected chi connectivity index (χ3v) is 14.7. The van der Waals surface area contributed by atoms with Crippen LogP contribution in [0.3, 0.4) is 0 Å². The highest BCUT2D eigenvalue weighted by Gasteiger charge is 2.66. The van der Waals surface area contributed by atoms with Crippen molar-refractivity contribution in [3.63, 3.8) is 0 Å². The molecule has 14 rings (SSSR count). The molecule has 0 spiro atoms. The van der Waals surface area contributed by atoms with Gasteiger partial charge in [0.25, 0.3) is 0 Å². The van der Waals surface area contributed by atoms with E-state index in [1.807, 2.05) is 0 Å². The highest BCUT2D eigenvalue weighted by molar-refractivity contribution is 6.09. The van der Waals surface area contributed by atoms with E-state index in [2.05, 4.69) is 252 Å². The first-order valence-corrected chi connectivity index (χ1v) is 22.4. The number of anilines is 3. The Bertz CT molecular complexity index is 3540. The van der Waals surface area contributed by atoms with Crippen LogP contribution < -0.4 is 4.90 Å². The second kappa shape index (κ2) is 13.2. The topological polar surface area (TPSA) is 8.17 Å². The zero-order valence-electron chi connectivity index (χ0n) is 35.0. The molecule has 0 saturated carbocycles. The molecule has 2 nitrogen and oxygen atoms in total. The van der Waals surface area contributed by atoms with E-state index in [1.54, 1.807) is 0 Å². The Morgan fingerprint density at radius 2 is 0.609 bits per heavy atom. The van der Waals surface area contributed by atoms with Crippen LogP contribution in [0.4, 0.5) is 17.1 Å². The zero-order valence-corrected chi connectivity index (χ0v) is 35.0. The fourth-order valence-electron chi connectivity index (χ4n) is 12.5. The van der Waals surface area contributed by atoms with Crippen LogP contribution in [0.25, 0.3) is 60.9 Å². The molecule has 10 aromatic carbocycles. The maximum Gasteiger partial charge on any atom is 0.0647 e. The van der Waals surface area contributed by atoms with Gasteiger partial charge in [0.05, 0.1) is 21.9 Å². The minimum Gasteiger partial charge on any atom is -0.310 e. The zero-order chi connectivity index (χ0) is 42.0. The van der Waals surface area contributed by atoms with E-state index >= 15 is 0 Å². The summed E-state index contributed by atoms with van der Waals surface area (Å²) in [4.78, 5) is 2.42. The molecule has 0 bridgehead atoms. The number of hydrogen-bond acceptors (Lipinski definition) is 1. The van der Waals surface area contributed by atoms with Gasteiger partial charge < -0.3 is 9.47 Å². The second-order valence-electron chi connectivity index (χ2n) is 17.5. The van der Waals surface area contributed by atoms with Gasteiger partial charge in [0.1, 0.15) is 0 Å². The summed E-state index contributed by atoms with van der Waals surface area (Å²) in [5.41, 5.74) is 21.5. The van der Waals surface area contributed by atoms with E-state index in [-0.39, 0.29) is 0 Å². The van der Waals surface area contributed by atoms with Gasteiger partial charge in [0.2, 0.25) is 0 Å². The summed E-state index contributed by atoms with van der Waals surface area (Å²) in [7, 11) is 0. The average Bonchev–Trinajstić information content (AvgIpc) is 3.71. The lowest BCUT2D eigenvalue weighted by atomic mass is 9.38. The van der Waals surface area contributed by atoms with Crippen molar-refractivity contribution in [1.82, 2.24) is 4.57 Å². The summed E-state index contributed by atoms with van der Waals surface area (Å²) in [6, 6.07) is 91.0. The molecule has 3 aliphatic carbocycles. The Labute approximate surface area is 372 Å². The van der Waals surface area contributed by atoms with Gasteiger partial charge in [-0.25, -0.2) is 0 Å². The van der Waals surface area contributed by atoms with Gasteiger partial charge in [0.15, 0.2) is 0 Å². The predicted molar refractivity (Wildman–Crippen MR) is 264 cm³/mol. The normalized spacial score (nSPS) is 17.2. The largest absolute Gasteiger partial charge is 0.310 e. The van der Waals surface area contributed by atoms with Crippen LogP contribution in [0.1, 0.15) is 33.4 Å². The molecule has 11 aromatic rings. The summed E-state index contributed by atoms with van der Waals surface area (Å²) in [5.74, 6) is 0. The molecule has 64 heavy (non-hydrogen) atoms. The fourth-order valence-corrected chi connectivity index (χ4v) is 12.5. The SMILES string of the molecule is c1ccc(N(c2ccc(-n3c4ccccc4c4ccccc43)cc2)c2ccc3c(c2)-c2ccccc2C24c5ccccc5-c5ccccc5C32c2ccccc2-c2ccccc24)cc1. The Kier molecular flexibility index (Phi) is 7.28. The van der Waals surface area contributed by atoms with E-state index in [0.717, 1.165) is 22.7 Å². The molecule has 0 unspecified atom stereocenters. The molecule has 0 N–H and O–H groups in total. The number of hydrogen-bond donors (Lipinski definition) is 0. The lowest BCUT2D eigenvalue weighted by Crippen LogP contribution is -2.58. The van der Waals surface area contributed by atoms with Crippen LogP contribution >= 0.6 is 0 Å². The molecule has 0 amide bonds. The van der Waals surface area contributed by atoms with Crippen molar-refractivity contribution in [2.24, 2.45) is 0 Å².